The first-order valence-corrected chi connectivity index (χ1v) is 27.8. The number of aliphatic carboxylic acids is 1. The van der Waals surface area contributed by atoms with E-state index < -0.39 is 40.7 Å². The van der Waals surface area contributed by atoms with Gasteiger partial charge in [-0.3, -0.25) is 4.18 Å². The number of hydrogen-bond acceptors (Lipinski definition) is 17. The molecule has 2 atom stereocenters. The number of carbonyl (C=O) groups is 1. The van der Waals surface area contributed by atoms with Crippen LogP contribution in [0.3, 0.4) is 0 Å². The number of carboxylic acid groups (broad SMARTS) is 1. The molecule has 3 aromatic heterocycles. The predicted molar refractivity (Wildman–Crippen MR) is 295 cm³/mol. The molecule has 0 saturated carbocycles. The van der Waals surface area contributed by atoms with Crippen molar-refractivity contribution in [2.24, 2.45) is 0 Å². The molecule has 5 aromatic carbocycles. The number of para-hydroxylation sites is 1. The number of thiophene rings is 1. The molecule has 1 N–H and O–H groups in total. The molecule has 0 aliphatic carbocycles. The summed E-state index contributed by atoms with van der Waals surface area (Å²) in [4.78, 5) is 32.8. The summed E-state index contributed by atoms with van der Waals surface area (Å²) < 4.78 is 95.2. The van der Waals surface area contributed by atoms with Gasteiger partial charge in [0.2, 0.25) is 12.0 Å². The Labute approximate surface area is 469 Å². The van der Waals surface area contributed by atoms with E-state index in [9.17, 15) is 22.7 Å². The highest BCUT2D eigenvalue weighted by Crippen LogP contribution is 2.53. The number of fused-ring (bicyclic) bond motifs is 7. The molecule has 79 heavy (non-hydrogen) atoms. The first kappa shape index (κ1) is 56.7. The van der Waals surface area contributed by atoms with Gasteiger partial charge in [-0.2, -0.15) is 8.42 Å². The van der Waals surface area contributed by atoms with Crippen LogP contribution in [0.5, 0.6) is 28.9 Å². The van der Waals surface area contributed by atoms with Gasteiger partial charge in [-0.25, -0.2) is 29.1 Å². The smallest absolute Gasteiger partial charge is 0.345 e. The Morgan fingerprint density at radius 1 is 0.810 bits per heavy atom. The Morgan fingerprint density at radius 3 is 2.27 bits per heavy atom. The molecule has 0 amide bonds. The van der Waals surface area contributed by atoms with Gasteiger partial charge in [0.05, 0.1) is 64.6 Å². The normalized spacial score (nSPS) is 14.5. The van der Waals surface area contributed by atoms with Gasteiger partial charge in [0.25, 0.3) is 10.1 Å². The molecule has 8 aromatic rings. The van der Waals surface area contributed by atoms with E-state index in [-0.39, 0.29) is 64.3 Å². The average Bonchev–Trinajstić information content (AvgIpc) is 4.12. The van der Waals surface area contributed by atoms with E-state index in [0.717, 1.165) is 5.56 Å². The number of rotatable bonds is 20. The molecule has 2 aliphatic rings. The fraction of sp³-hybridized carbons (Fsp3) is 0.281. The van der Waals surface area contributed by atoms with Crippen LogP contribution in [0.15, 0.2) is 114 Å². The number of hydrogen-bond donors (Lipinski definition) is 1. The van der Waals surface area contributed by atoms with Crippen LogP contribution in [0.2, 0.25) is 10.0 Å². The SMILES string of the molecule is COCCOCCOCCOc1ccccc1-c1nccc(COc2ccc3cc2C[C@H](C(=O)O)Oc2ncnc4sc(-c5ccc(F)cc5)c(c24)-c2c(C)c(Cl)c(c(Cl)c2C)O[C@H](COS(=O)(=O)c2ccc(C)cc2)CO3)n1. The van der Waals surface area contributed by atoms with Crippen molar-refractivity contribution < 1.29 is 64.8 Å². The maximum Gasteiger partial charge on any atom is 0.345 e. The van der Waals surface area contributed by atoms with E-state index in [1.54, 1.807) is 75.7 Å². The van der Waals surface area contributed by atoms with Gasteiger partial charge in [-0.1, -0.05) is 65.2 Å². The molecule has 22 heteroatoms. The topological polar surface area (TPSA) is 206 Å². The number of aryl methyl sites for hydroxylation is 1. The van der Waals surface area contributed by atoms with Crippen molar-refractivity contribution >= 4 is 60.8 Å². The monoisotopic (exact) mass is 1150 g/mol. The zero-order valence-corrected chi connectivity index (χ0v) is 46.3. The lowest BCUT2D eigenvalue weighted by molar-refractivity contribution is -0.145. The number of benzene rings is 5. The zero-order chi connectivity index (χ0) is 55.6. The van der Waals surface area contributed by atoms with Crippen molar-refractivity contribution in [3.8, 4) is 61.8 Å². The Bertz CT molecular complexity index is 3550. The molecular formula is C57H53Cl2FN4O13S2. The van der Waals surface area contributed by atoms with E-state index >= 15 is 0 Å². The minimum atomic E-state index is -4.31. The van der Waals surface area contributed by atoms with Crippen molar-refractivity contribution in [1.29, 1.82) is 0 Å². The van der Waals surface area contributed by atoms with Crippen molar-refractivity contribution in [3.63, 3.8) is 0 Å². The molecule has 2 aliphatic heterocycles. The van der Waals surface area contributed by atoms with E-state index in [1.807, 2.05) is 31.2 Å². The van der Waals surface area contributed by atoms with E-state index in [4.69, 9.17) is 70.3 Å². The summed E-state index contributed by atoms with van der Waals surface area (Å²) in [5.74, 6) is -0.432. The molecule has 0 radical (unpaired) electrons. The average molecular weight is 1160 g/mol. The summed E-state index contributed by atoms with van der Waals surface area (Å²) >= 11 is 15.8. The number of halogens is 3. The van der Waals surface area contributed by atoms with Crippen molar-refractivity contribution in [2.75, 3.05) is 60.0 Å². The van der Waals surface area contributed by atoms with E-state index in [1.165, 1.54) is 41.9 Å². The summed E-state index contributed by atoms with van der Waals surface area (Å²) in [5, 5.41) is 11.4. The van der Waals surface area contributed by atoms with Crippen LogP contribution < -0.4 is 23.7 Å². The summed E-state index contributed by atoms with van der Waals surface area (Å²) in [6.07, 6.45) is -0.184. The Hall–Kier alpha value is -7.01. The quantitative estimate of drug-likeness (QED) is 0.0556. The van der Waals surface area contributed by atoms with Gasteiger partial charge in [-0.15, -0.1) is 11.3 Å². The van der Waals surface area contributed by atoms with Gasteiger partial charge in [-0.05, 0) is 104 Å². The summed E-state index contributed by atoms with van der Waals surface area (Å²) in [6.45, 7) is 6.79. The third-order valence-electron chi connectivity index (χ3n) is 12.5. The van der Waals surface area contributed by atoms with Crippen LogP contribution in [0.1, 0.15) is 27.9 Å². The second-order valence-corrected chi connectivity index (χ2v) is 21.4. The minimum absolute atomic E-state index is 0.0207. The van der Waals surface area contributed by atoms with Gasteiger partial charge in [0.15, 0.2) is 17.7 Å². The van der Waals surface area contributed by atoms with Crippen molar-refractivity contribution in [1.82, 2.24) is 19.9 Å². The molecule has 5 heterocycles. The summed E-state index contributed by atoms with van der Waals surface area (Å²) in [7, 11) is -2.70. The maximum absolute atomic E-state index is 14.5. The molecule has 0 spiro atoms. The van der Waals surface area contributed by atoms with Crippen LogP contribution in [-0.4, -0.2) is 112 Å². The van der Waals surface area contributed by atoms with Gasteiger partial charge in [0, 0.05) is 35.7 Å². The third kappa shape index (κ3) is 13.5. The number of methoxy groups -OCH3 is 1. The fourth-order valence-electron chi connectivity index (χ4n) is 8.54. The lowest BCUT2D eigenvalue weighted by Crippen LogP contribution is -2.32. The number of nitrogens with zero attached hydrogens (tertiary/aromatic N) is 4. The first-order valence-electron chi connectivity index (χ1n) is 24.8. The second kappa shape index (κ2) is 25.8. The summed E-state index contributed by atoms with van der Waals surface area (Å²) in [6, 6.07) is 25.9. The number of carboxylic acids is 1. The van der Waals surface area contributed by atoms with E-state index in [0.29, 0.717) is 104 Å². The molecule has 412 valence electrons. The Balaban J connectivity index is 1.07. The van der Waals surface area contributed by atoms with Crippen LogP contribution in [-0.2, 0) is 46.3 Å². The number of ether oxygens (including phenoxy) is 8. The van der Waals surface area contributed by atoms with Gasteiger partial charge >= 0.3 is 5.97 Å². The highest BCUT2D eigenvalue weighted by molar-refractivity contribution is 7.86. The first-order chi connectivity index (χ1) is 38.2. The fourth-order valence-corrected chi connectivity index (χ4v) is 11.1. The molecule has 17 nitrogen and oxygen atoms in total. The largest absolute Gasteiger partial charge is 0.490 e. The molecule has 10 rings (SSSR count). The Kier molecular flexibility index (Phi) is 18.6. The lowest BCUT2D eigenvalue weighted by Gasteiger charge is -2.24. The standard InChI is InChI=1S/C57H53Cl2FN4O13S2/c1-33-9-16-42(17-10-33)79(67,68)75-31-41-30-73-40-15-18-44(74-29-39-19-20-61-54(64-39)43-7-5-6-8-45(43)72-26-25-71-24-23-70-22-21-69-4)37(27-40)28-46(57(65)66)77-55-49-48(47-34(2)50(58)52(76-41)51(59)35(47)3)53(78-56(49)63-32-62-55)36-11-13-38(60)14-12-36/h5-20,27,32,41,46H,21-26,28-31H2,1-4H3,(H,65,66)/t41-,46+/m0/s1. The second-order valence-electron chi connectivity index (χ2n) is 18.0. The summed E-state index contributed by atoms with van der Waals surface area (Å²) in [5.41, 5.74) is 4.87. The van der Waals surface area contributed by atoms with Crippen molar-refractivity contribution in [2.45, 2.75) is 50.9 Å². The minimum Gasteiger partial charge on any atom is -0.490 e. The van der Waals surface area contributed by atoms with Crippen molar-refractivity contribution in [3.05, 3.63) is 153 Å². The highest BCUT2D eigenvalue weighted by atomic mass is 35.5. The number of aromatic nitrogens is 4. The van der Waals surface area contributed by atoms with Crippen LogP contribution in [0.4, 0.5) is 4.39 Å². The molecule has 0 saturated heterocycles. The third-order valence-corrected chi connectivity index (χ3v) is 15.9. The zero-order valence-electron chi connectivity index (χ0n) is 43.2. The van der Waals surface area contributed by atoms with E-state index in [2.05, 4.69) is 15.0 Å². The van der Waals surface area contributed by atoms with Crippen LogP contribution in [0.25, 0.3) is 43.2 Å². The molecule has 0 fully saturated rings. The predicted octanol–water partition coefficient (Wildman–Crippen LogP) is 11.1. The lowest BCUT2D eigenvalue weighted by atomic mass is 9.92. The van der Waals surface area contributed by atoms with Crippen LogP contribution >= 0.6 is 34.5 Å². The highest BCUT2D eigenvalue weighted by Gasteiger charge is 2.32. The maximum atomic E-state index is 14.5. The molecular weight excluding hydrogens is 1100 g/mol. The van der Waals surface area contributed by atoms with Gasteiger partial charge in [0.1, 0.15) is 60.7 Å². The molecule has 0 unspecified atom stereocenters. The Morgan fingerprint density at radius 2 is 1.53 bits per heavy atom. The molecule has 4 bridgehead atoms. The van der Waals surface area contributed by atoms with Gasteiger partial charge < -0.3 is 43.0 Å². The van der Waals surface area contributed by atoms with Crippen LogP contribution in [0, 0.1) is 26.6 Å².